The molecule has 2 aromatic rings. The zero-order valence-electron chi connectivity index (χ0n) is 9.70. The van der Waals surface area contributed by atoms with E-state index in [-0.39, 0.29) is 5.82 Å². The summed E-state index contributed by atoms with van der Waals surface area (Å²) < 4.78 is 13.1. The number of thioether (sulfide) groups is 1. The second-order valence-electron chi connectivity index (χ2n) is 3.96. The average Bonchev–Trinajstić information content (AvgIpc) is 2.36. The fourth-order valence-electron chi connectivity index (χ4n) is 1.56. The predicted molar refractivity (Wildman–Crippen MR) is 77.3 cm³/mol. The molecular weight excluding hydrogens is 269 g/mol. The third-order valence-corrected chi connectivity index (χ3v) is 3.85. The Kier molecular flexibility index (Phi) is 4.50. The van der Waals surface area contributed by atoms with Crippen molar-refractivity contribution in [3.63, 3.8) is 0 Å². The van der Waals surface area contributed by atoms with E-state index in [2.05, 4.69) is 0 Å². The fourth-order valence-corrected chi connectivity index (χ4v) is 2.68. The van der Waals surface area contributed by atoms with Gasteiger partial charge in [-0.15, -0.1) is 0 Å². The maximum atomic E-state index is 13.1. The Balaban J connectivity index is 1.92. The monoisotopic (exact) mass is 281 g/mol. The van der Waals surface area contributed by atoms with Gasteiger partial charge >= 0.3 is 0 Å². The number of nitrogen functional groups attached to an aromatic ring is 1. The van der Waals surface area contributed by atoms with E-state index in [9.17, 15) is 4.39 Å². The molecule has 0 unspecified atom stereocenters. The second-order valence-corrected chi connectivity index (χ2v) is 5.38. The molecule has 0 amide bonds. The van der Waals surface area contributed by atoms with Gasteiger partial charge in [-0.1, -0.05) is 23.7 Å². The average molecular weight is 282 g/mol. The fraction of sp³-hybridized carbons (Fsp3) is 0.143. The highest BCUT2D eigenvalue weighted by Crippen LogP contribution is 2.23. The van der Waals surface area contributed by atoms with Crippen LogP contribution in [0.5, 0.6) is 0 Å². The molecule has 0 bridgehead atoms. The minimum atomic E-state index is -0.244. The predicted octanol–water partition coefficient (Wildman–Crippen LogP) is 4.49. The maximum absolute atomic E-state index is 13.1. The number of rotatable bonds is 4. The van der Waals surface area contributed by atoms with Gasteiger partial charge in [-0.2, -0.15) is 11.8 Å². The lowest BCUT2D eigenvalue weighted by molar-refractivity contribution is 0.627. The molecule has 1 nitrogen and oxygen atoms in total. The molecule has 94 valence electrons. The van der Waals surface area contributed by atoms with Gasteiger partial charge in [0.2, 0.25) is 0 Å². The highest BCUT2D eigenvalue weighted by molar-refractivity contribution is 7.97. The summed E-state index contributed by atoms with van der Waals surface area (Å²) in [7, 11) is 0. The van der Waals surface area contributed by atoms with Crippen LogP contribution in [0.15, 0.2) is 42.5 Å². The van der Waals surface area contributed by atoms with Crippen LogP contribution in [0.1, 0.15) is 11.1 Å². The van der Waals surface area contributed by atoms with E-state index in [1.54, 1.807) is 17.8 Å². The van der Waals surface area contributed by atoms with Gasteiger partial charge in [-0.05, 0) is 41.5 Å². The molecule has 0 aromatic heterocycles. The van der Waals surface area contributed by atoms with Crippen molar-refractivity contribution in [2.45, 2.75) is 11.5 Å². The van der Waals surface area contributed by atoms with E-state index >= 15 is 0 Å². The summed E-state index contributed by atoms with van der Waals surface area (Å²) in [6.45, 7) is 0. The molecule has 2 rings (SSSR count). The van der Waals surface area contributed by atoms with Crippen molar-refractivity contribution >= 4 is 29.1 Å². The third-order valence-electron chi connectivity index (χ3n) is 2.54. The summed E-state index contributed by atoms with van der Waals surface area (Å²) >= 11 is 7.51. The zero-order valence-corrected chi connectivity index (χ0v) is 11.3. The van der Waals surface area contributed by atoms with Crippen LogP contribution in [0.4, 0.5) is 10.1 Å². The summed E-state index contributed by atoms with van der Waals surface area (Å²) in [6.07, 6.45) is 0. The molecule has 0 aliphatic rings. The quantitative estimate of drug-likeness (QED) is 0.836. The van der Waals surface area contributed by atoms with Crippen molar-refractivity contribution in [2.75, 3.05) is 5.73 Å². The lowest BCUT2D eigenvalue weighted by Crippen LogP contribution is -1.94. The van der Waals surface area contributed by atoms with E-state index < -0.39 is 0 Å². The Morgan fingerprint density at radius 3 is 2.50 bits per heavy atom. The largest absolute Gasteiger partial charge is 0.398 e. The number of hydrogen-bond donors (Lipinski definition) is 1. The van der Waals surface area contributed by atoms with Crippen LogP contribution in [0, 0.1) is 5.82 Å². The molecule has 0 saturated heterocycles. The van der Waals surface area contributed by atoms with Gasteiger partial charge in [0.15, 0.2) is 0 Å². The summed E-state index contributed by atoms with van der Waals surface area (Å²) in [5.41, 5.74) is 8.47. The summed E-state index contributed by atoms with van der Waals surface area (Å²) in [5, 5.41) is 0.734. The Morgan fingerprint density at radius 1 is 1.06 bits per heavy atom. The first-order valence-electron chi connectivity index (χ1n) is 5.51. The van der Waals surface area contributed by atoms with Gasteiger partial charge in [0.1, 0.15) is 5.82 Å². The zero-order chi connectivity index (χ0) is 13.0. The van der Waals surface area contributed by atoms with Crippen LogP contribution < -0.4 is 5.73 Å². The Hall–Kier alpha value is -1.19. The van der Waals surface area contributed by atoms with E-state index in [4.69, 9.17) is 17.3 Å². The Morgan fingerprint density at radius 2 is 1.78 bits per heavy atom. The van der Waals surface area contributed by atoms with E-state index in [1.807, 2.05) is 24.3 Å². The van der Waals surface area contributed by atoms with Crippen molar-refractivity contribution in [1.29, 1.82) is 0 Å². The molecule has 0 saturated carbocycles. The first kappa shape index (κ1) is 13.2. The maximum Gasteiger partial charge on any atom is 0.123 e. The van der Waals surface area contributed by atoms with Crippen LogP contribution >= 0.6 is 23.4 Å². The highest BCUT2D eigenvalue weighted by atomic mass is 35.5. The minimum Gasteiger partial charge on any atom is -0.398 e. The van der Waals surface area contributed by atoms with Gasteiger partial charge < -0.3 is 5.73 Å². The molecule has 0 radical (unpaired) electrons. The first-order chi connectivity index (χ1) is 8.65. The van der Waals surface area contributed by atoms with Crippen LogP contribution in [0.2, 0.25) is 5.02 Å². The SMILES string of the molecule is Nc1ccc(F)cc1CSCc1ccc(Cl)cc1. The molecular formula is C14H13ClFNS. The van der Waals surface area contributed by atoms with Crippen LogP contribution in [-0.2, 0) is 11.5 Å². The minimum absolute atomic E-state index is 0.244. The standard InChI is InChI=1S/C14H13ClFNS/c15-12-3-1-10(2-4-12)8-18-9-11-7-13(16)5-6-14(11)17/h1-7H,8-9,17H2. The number of benzene rings is 2. The van der Waals surface area contributed by atoms with E-state index in [0.717, 1.165) is 16.3 Å². The third kappa shape index (κ3) is 3.65. The van der Waals surface area contributed by atoms with Gasteiger partial charge in [0.25, 0.3) is 0 Å². The Labute approximate surface area is 115 Å². The van der Waals surface area contributed by atoms with Gasteiger partial charge in [0, 0.05) is 22.2 Å². The number of nitrogens with two attached hydrogens (primary N) is 1. The van der Waals surface area contributed by atoms with Crippen LogP contribution in [-0.4, -0.2) is 0 Å². The van der Waals surface area contributed by atoms with Crippen molar-refractivity contribution in [3.05, 3.63) is 64.4 Å². The van der Waals surface area contributed by atoms with Crippen molar-refractivity contribution in [3.8, 4) is 0 Å². The molecule has 0 heterocycles. The lowest BCUT2D eigenvalue weighted by atomic mass is 10.2. The topological polar surface area (TPSA) is 26.0 Å². The van der Waals surface area contributed by atoms with Crippen LogP contribution in [0.25, 0.3) is 0 Å². The molecule has 2 N–H and O–H groups in total. The molecule has 18 heavy (non-hydrogen) atoms. The van der Waals surface area contributed by atoms with Crippen molar-refractivity contribution < 1.29 is 4.39 Å². The van der Waals surface area contributed by atoms with E-state index in [1.165, 1.54) is 17.7 Å². The van der Waals surface area contributed by atoms with Crippen molar-refractivity contribution in [2.24, 2.45) is 0 Å². The number of anilines is 1. The van der Waals surface area contributed by atoms with Gasteiger partial charge in [0.05, 0.1) is 0 Å². The molecule has 0 aliphatic heterocycles. The molecule has 0 atom stereocenters. The highest BCUT2D eigenvalue weighted by Gasteiger charge is 2.02. The number of hydrogen-bond acceptors (Lipinski definition) is 2. The summed E-state index contributed by atoms with van der Waals surface area (Å²) in [5.74, 6) is 1.31. The summed E-state index contributed by atoms with van der Waals surface area (Å²) in [4.78, 5) is 0. The Bertz CT molecular complexity index is 528. The molecule has 2 aromatic carbocycles. The second kappa shape index (κ2) is 6.12. The smallest absolute Gasteiger partial charge is 0.123 e. The summed E-state index contributed by atoms with van der Waals surface area (Å²) in [6, 6.07) is 12.2. The number of halogens is 2. The molecule has 4 heteroatoms. The van der Waals surface area contributed by atoms with Gasteiger partial charge in [-0.3, -0.25) is 0 Å². The van der Waals surface area contributed by atoms with Crippen molar-refractivity contribution in [1.82, 2.24) is 0 Å². The molecule has 0 fully saturated rings. The molecule has 0 spiro atoms. The van der Waals surface area contributed by atoms with E-state index in [0.29, 0.717) is 11.4 Å². The van der Waals surface area contributed by atoms with Crippen LogP contribution in [0.3, 0.4) is 0 Å². The molecule has 0 aliphatic carbocycles. The normalized spacial score (nSPS) is 10.6. The lowest BCUT2D eigenvalue weighted by Gasteiger charge is -2.06. The van der Waals surface area contributed by atoms with Gasteiger partial charge in [-0.25, -0.2) is 4.39 Å². The first-order valence-corrected chi connectivity index (χ1v) is 7.04.